The summed E-state index contributed by atoms with van der Waals surface area (Å²) in [7, 11) is 1.72. The molecule has 1 aromatic carbocycles. The van der Waals surface area contributed by atoms with Crippen LogP contribution in [0.2, 0.25) is 0 Å². The molecule has 1 aromatic heterocycles. The number of hydrogen-bond donors (Lipinski definition) is 2. The number of aliphatic hydroxyl groups is 1. The van der Waals surface area contributed by atoms with E-state index in [1.807, 2.05) is 18.2 Å². The zero-order chi connectivity index (χ0) is 18.5. The number of nitrogens with zero attached hydrogens (tertiary/aromatic N) is 2. The van der Waals surface area contributed by atoms with Gasteiger partial charge in [0.15, 0.2) is 0 Å². The SMILES string of the molecule is COC1(C)CCN(c2c(C#N)c(=O)[nH]c3ccc(C4(O)CC4)cc23)CC1. The minimum absolute atomic E-state index is 0.137. The average molecular weight is 353 g/mol. The Hall–Kier alpha value is -2.36. The van der Waals surface area contributed by atoms with E-state index in [1.165, 1.54) is 0 Å². The van der Waals surface area contributed by atoms with Gasteiger partial charge in [-0.05, 0) is 50.3 Å². The van der Waals surface area contributed by atoms with Crippen molar-refractivity contribution in [2.24, 2.45) is 0 Å². The molecule has 2 heterocycles. The number of anilines is 1. The van der Waals surface area contributed by atoms with E-state index in [0.717, 1.165) is 36.6 Å². The number of nitriles is 1. The van der Waals surface area contributed by atoms with E-state index in [4.69, 9.17) is 4.74 Å². The second-order valence-electron chi connectivity index (χ2n) is 7.72. The summed E-state index contributed by atoms with van der Waals surface area (Å²) in [6, 6.07) is 7.70. The molecule has 6 heteroatoms. The molecule has 2 aromatic rings. The van der Waals surface area contributed by atoms with Crippen molar-refractivity contribution in [2.45, 2.75) is 43.8 Å². The Bertz CT molecular complexity index is 961. The maximum Gasteiger partial charge on any atom is 0.268 e. The summed E-state index contributed by atoms with van der Waals surface area (Å²) in [5.41, 5.74) is 1.06. The molecule has 2 aliphatic rings. The predicted octanol–water partition coefficient (Wildman–Crippen LogP) is 2.39. The van der Waals surface area contributed by atoms with Gasteiger partial charge in [0.2, 0.25) is 0 Å². The normalized spacial score (nSPS) is 20.8. The third-order valence-electron chi connectivity index (χ3n) is 5.99. The summed E-state index contributed by atoms with van der Waals surface area (Å²) in [6.07, 6.45) is 3.15. The van der Waals surface area contributed by atoms with Crippen molar-refractivity contribution in [3.05, 3.63) is 39.7 Å². The molecule has 0 spiro atoms. The highest BCUT2D eigenvalue weighted by atomic mass is 16.5. The van der Waals surface area contributed by atoms with Gasteiger partial charge in [-0.25, -0.2) is 0 Å². The Morgan fingerprint density at radius 2 is 1.96 bits per heavy atom. The molecule has 0 bridgehead atoms. The van der Waals surface area contributed by atoms with E-state index in [9.17, 15) is 15.2 Å². The lowest BCUT2D eigenvalue weighted by molar-refractivity contribution is -0.0132. The van der Waals surface area contributed by atoms with Gasteiger partial charge in [-0.3, -0.25) is 4.79 Å². The quantitative estimate of drug-likeness (QED) is 0.884. The van der Waals surface area contributed by atoms with E-state index in [0.29, 0.717) is 24.3 Å². The molecule has 1 aliphatic carbocycles. The number of methoxy groups -OCH3 is 1. The Morgan fingerprint density at radius 1 is 1.27 bits per heavy atom. The number of fused-ring (bicyclic) bond motifs is 1. The number of hydrogen-bond acceptors (Lipinski definition) is 5. The Kier molecular flexibility index (Phi) is 3.83. The van der Waals surface area contributed by atoms with Crippen LogP contribution in [-0.4, -0.2) is 35.9 Å². The number of rotatable bonds is 3. The molecule has 0 radical (unpaired) electrons. The molecule has 1 saturated heterocycles. The first-order valence-corrected chi connectivity index (χ1v) is 9.02. The van der Waals surface area contributed by atoms with Gasteiger partial charge in [0.1, 0.15) is 11.6 Å². The molecule has 4 rings (SSSR count). The number of pyridine rings is 1. The van der Waals surface area contributed by atoms with E-state index < -0.39 is 5.60 Å². The van der Waals surface area contributed by atoms with Gasteiger partial charge in [0.05, 0.1) is 22.4 Å². The maximum atomic E-state index is 12.4. The lowest BCUT2D eigenvalue weighted by Gasteiger charge is -2.40. The van der Waals surface area contributed by atoms with Gasteiger partial charge in [-0.15, -0.1) is 0 Å². The van der Waals surface area contributed by atoms with Crippen molar-refractivity contribution in [1.82, 2.24) is 4.98 Å². The summed E-state index contributed by atoms with van der Waals surface area (Å²) in [4.78, 5) is 17.3. The first-order valence-electron chi connectivity index (χ1n) is 9.02. The summed E-state index contributed by atoms with van der Waals surface area (Å²) in [5, 5.41) is 20.9. The number of ether oxygens (including phenoxy) is 1. The highest BCUT2D eigenvalue weighted by Crippen LogP contribution is 2.46. The zero-order valence-electron chi connectivity index (χ0n) is 15.1. The molecule has 1 saturated carbocycles. The summed E-state index contributed by atoms with van der Waals surface area (Å²) in [6.45, 7) is 3.52. The lowest BCUT2D eigenvalue weighted by Crippen LogP contribution is -2.44. The summed E-state index contributed by atoms with van der Waals surface area (Å²) in [5.74, 6) is 0. The predicted molar refractivity (Wildman–Crippen MR) is 99.3 cm³/mol. The van der Waals surface area contributed by atoms with Crippen LogP contribution in [0.5, 0.6) is 0 Å². The van der Waals surface area contributed by atoms with Crippen molar-refractivity contribution >= 4 is 16.6 Å². The fourth-order valence-corrected chi connectivity index (χ4v) is 3.81. The Labute approximate surface area is 152 Å². The van der Waals surface area contributed by atoms with Crippen molar-refractivity contribution in [1.29, 1.82) is 5.26 Å². The monoisotopic (exact) mass is 353 g/mol. The van der Waals surface area contributed by atoms with Gasteiger partial charge in [0.25, 0.3) is 5.56 Å². The largest absolute Gasteiger partial charge is 0.385 e. The Balaban J connectivity index is 1.86. The van der Waals surface area contributed by atoms with Crippen molar-refractivity contribution in [3.8, 4) is 6.07 Å². The highest BCUT2D eigenvalue weighted by Gasteiger charge is 2.42. The van der Waals surface area contributed by atoms with E-state index >= 15 is 0 Å². The van der Waals surface area contributed by atoms with Gasteiger partial charge in [-0.1, -0.05) is 6.07 Å². The van der Waals surface area contributed by atoms with Gasteiger partial charge < -0.3 is 19.7 Å². The minimum atomic E-state index is -0.759. The molecule has 2 N–H and O–H groups in total. The van der Waals surface area contributed by atoms with E-state index in [2.05, 4.69) is 22.9 Å². The molecule has 6 nitrogen and oxygen atoms in total. The number of benzene rings is 1. The van der Waals surface area contributed by atoms with Gasteiger partial charge >= 0.3 is 0 Å². The molecule has 0 unspecified atom stereocenters. The number of piperidine rings is 1. The van der Waals surface area contributed by atoms with Crippen LogP contribution in [0.4, 0.5) is 5.69 Å². The van der Waals surface area contributed by atoms with Gasteiger partial charge in [-0.2, -0.15) is 5.26 Å². The van der Waals surface area contributed by atoms with Gasteiger partial charge in [0, 0.05) is 25.6 Å². The first-order chi connectivity index (χ1) is 12.4. The van der Waals surface area contributed by atoms with Crippen LogP contribution in [0, 0.1) is 11.3 Å². The molecule has 136 valence electrons. The fourth-order valence-electron chi connectivity index (χ4n) is 3.81. The van der Waals surface area contributed by atoms with Crippen LogP contribution in [0.1, 0.15) is 43.7 Å². The van der Waals surface area contributed by atoms with Crippen LogP contribution in [0.25, 0.3) is 10.9 Å². The number of aromatic nitrogens is 1. The standard InChI is InChI=1S/C20H23N3O3/c1-19(26-2)7-9-23(10-8-19)17-14-11-13(20(25)5-6-20)3-4-16(14)22-18(24)15(17)12-21/h3-4,11,25H,5-10H2,1-2H3,(H,22,24). The highest BCUT2D eigenvalue weighted by molar-refractivity contribution is 5.95. The number of aromatic amines is 1. The minimum Gasteiger partial charge on any atom is -0.385 e. The topological polar surface area (TPSA) is 89.4 Å². The van der Waals surface area contributed by atoms with Crippen molar-refractivity contribution < 1.29 is 9.84 Å². The molecule has 0 amide bonds. The number of nitrogens with one attached hydrogen (secondary N) is 1. The maximum absolute atomic E-state index is 12.4. The van der Waals surface area contributed by atoms with Crippen LogP contribution >= 0.6 is 0 Å². The molecule has 2 fully saturated rings. The molecule has 26 heavy (non-hydrogen) atoms. The molecule has 0 atom stereocenters. The molecular weight excluding hydrogens is 330 g/mol. The Morgan fingerprint density at radius 3 is 2.54 bits per heavy atom. The van der Waals surface area contributed by atoms with Crippen LogP contribution in [-0.2, 0) is 10.3 Å². The third-order valence-corrected chi connectivity index (χ3v) is 5.99. The summed E-state index contributed by atoms with van der Waals surface area (Å²) < 4.78 is 5.61. The average Bonchev–Trinajstić information content (AvgIpc) is 3.40. The van der Waals surface area contributed by atoms with E-state index in [1.54, 1.807) is 7.11 Å². The fraction of sp³-hybridized carbons (Fsp3) is 0.500. The third kappa shape index (κ3) is 2.68. The molecule has 1 aliphatic heterocycles. The molecular formula is C20H23N3O3. The van der Waals surface area contributed by atoms with E-state index in [-0.39, 0.29) is 16.7 Å². The van der Waals surface area contributed by atoms with Crippen LogP contribution in [0.3, 0.4) is 0 Å². The second kappa shape index (κ2) is 5.83. The van der Waals surface area contributed by atoms with Crippen LogP contribution in [0.15, 0.2) is 23.0 Å². The zero-order valence-corrected chi connectivity index (χ0v) is 15.1. The van der Waals surface area contributed by atoms with Crippen molar-refractivity contribution in [3.63, 3.8) is 0 Å². The lowest BCUT2D eigenvalue weighted by atomic mass is 9.92. The van der Waals surface area contributed by atoms with Crippen LogP contribution < -0.4 is 10.5 Å². The van der Waals surface area contributed by atoms with Crippen molar-refractivity contribution in [2.75, 3.05) is 25.1 Å². The smallest absolute Gasteiger partial charge is 0.268 e. The second-order valence-corrected chi connectivity index (χ2v) is 7.72. The first kappa shape index (κ1) is 17.1. The summed E-state index contributed by atoms with van der Waals surface area (Å²) >= 11 is 0. The number of H-pyrrole nitrogens is 1.